The lowest BCUT2D eigenvalue weighted by Gasteiger charge is -2.37. The van der Waals surface area contributed by atoms with E-state index in [4.69, 9.17) is 0 Å². The summed E-state index contributed by atoms with van der Waals surface area (Å²) >= 11 is 1.96. The molecular formula is C17H31N3S. The number of nitrogens with one attached hydrogen (secondary N) is 1. The molecule has 0 aliphatic carbocycles. The topological polar surface area (TPSA) is 18.5 Å². The maximum absolute atomic E-state index is 3.55. The van der Waals surface area contributed by atoms with Gasteiger partial charge in [0.15, 0.2) is 0 Å². The SMILES string of the molecule is Cc1sc(CNCC(C)C)cc1CN1CCN(C)C(C)C1. The lowest BCUT2D eigenvalue weighted by atomic mass is 10.1. The molecule has 0 aromatic carbocycles. The number of likely N-dealkylation sites (N-methyl/N-ethyl adjacent to an activating group) is 1. The van der Waals surface area contributed by atoms with Crippen molar-refractivity contribution in [1.82, 2.24) is 15.1 Å². The van der Waals surface area contributed by atoms with Crippen molar-refractivity contribution in [1.29, 1.82) is 0 Å². The molecule has 1 aliphatic heterocycles. The van der Waals surface area contributed by atoms with E-state index in [-0.39, 0.29) is 0 Å². The standard InChI is InChI=1S/C17H31N3S/c1-13(2)9-18-10-17-8-16(15(4)21-17)12-20-7-6-19(5)14(3)11-20/h8,13-14,18H,6-7,9-12H2,1-5H3. The molecule has 0 bridgehead atoms. The fourth-order valence-corrected chi connectivity index (χ4v) is 3.85. The van der Waals surface area contributed by atoms with E-state index in [9.17, 15) is 0 Å². The number of hydrogen-bond donors (Lipinski definition) is 1. The molecule has 3 nitrogen and oxygen atoms in total. The maximum atomic E-state index is 3.55. The Balaban J connectivity index is 1.87. The first-order chi connectivity index (χ1) is 9.95. The van der Waals surface area contributed by atoms with Crippen LogP contribution in [0.4, 0.5) is 0 Å². The van der Waals surface area contributed by atoms with Gasteiger partial charge in [-0.25, -0.2) is 0 Å². The maximum Gasteiger partial charge on any atom is 0.0300 e. The molecule has 120 valence electrons. The largest absolute Gasteiger partial charge is 0.312 e. The van der Waals surface area contributed by atoms with E-state index in [1.54, 1.807) is 0 Å². The van der Waals surface area contributed by atoms with E-state index >= 15 is 0 Å². The fraction of sp³-hybridized carbons (Fsp3) is 0.765. The summed E-state index contributed by atoms with van der Waals surface area (Å²) in [4.78, 5) is 8.02. The van der Waals surface area contributed by atoms with Gasteiger partial charge in [0.1, 0.15) is 0 Å². The number of piperazine rings is 1. The Morgan fingerprint density at radius 3 is 2.81 bits per heavy atom. The zero-order valence-corrected chi connectivity index (χ0v) is 15.1. The molecule has 1 N–H and O–H groups in total. The zero-order chi connectivity index (χ0) is 15.4. The molecule has 1 fully saturated rings. The van der Waals surface area contributed by atoms with Gasteiger partial charge in [-0.05, 0) is 45.0 Å². The van der Waals surface area contributed by atoms with Gasteiger partial charge in [0.2, 0.25) is 0 Å². The summed E-state index contributed by atoms with van der Waals surface area (Å²) in [5.74, 6) is 0.720. The third-order valence-corrected chi connectivity index (χ3v) is 5.45. The monoisotopic (exact) mass is 309 g/mol. The summed E-state index contributed by atoms with van der Waals surface area (Å²) in [6.45, 7) is 15.9. The number of rotatable bonds is 6. The van der Waals surface area contributed by atoms with Crippen molar-refractivity contribution in [2.75, 3.05) is 33.2 Å². The minimum absolute atomic E-state index is 0.671. The minimum Gasteiger partial charge on any atom is -0.312 e. The normalized spacial score (nSPS) is 21.3. The van der Waals surface area contributed by atoms with Gasteiger partial charge in [-0.3, -0.25) is 4.90 Å². The van der Waals surface area contributed by atoms with Crippen LogP contribution in [0.1, 0.15) is 36.1 Å². The Labute approximate surface area is 134 Å². The van der Waals surface area contributed by atoms with Crippen LogP contribution in [0.5, 0.6) is 0 Å². The second kappa shape index (κ2) is 7.73. The molecule has 1 aromatic heterocycles. The van der Waals surface area contributed by atoms with Crippen LogP contribution in [0, 0.1) is 12.8 Å². The van der Waals surface area contributed by atoms with Crippen LogP contribution in [0.3, 0.4) is 0 Å². The average molecular weight is 310 g/mol. The van der Waals surface area contributed by atoms with E-state index in [0.29, 0.717) is 6.04 Å². The van der Waals surface area contributed by atoms with Crippen molar-refractivity contribution in [2.24, 2.45) is 5.92 Å². The van der Waals surface area contributed by atoms with Gasteiger partial charge in [-0.2, -0.15) is 0 Å². The van der Waals surface area contributed by atoms with Crippen LogP contribution in [-0.4, -0.2) is 49.1 Å². The van der Waals surface area contributed by atoms with Crippen LogP contribution < -0.4 is 5.32 Å². The van der Waals surface area contributed by atoms with E-state index in [0.717, 1.165) is 25.6 Å². The Bertz CT molecular complexity index is 441. The highest BCUT2D eigenvalue weighted by atomic mass is 32.1. The zero-order valence-electron chi connectivity index (χ0n) is 14.3. The smallest absolute Gasteiger partial charge is 0.0300 e. The first-order valence-corrected chi connectivity index (χ1v) is 8.99. The van der Waals surface area contributed by atoms with E-state index < -0.39 is 0 Å². The summed E-state index contributed by atoms with van der Waals surface area (Å²) in [7, 11) is 2.23. The second-order valence-corrected chi connectivity index (χ2v) is 8.22. The van der Waals surface area contributed by atoms with Gasteiger partial charge in [0.25, 0.3) is 0 Å². The molecule has 21 heavy (non-hydrogen) atoms. The van der Waals surface area contributed by atoms with Gasteiger partial charge in [-0.15, -0.1) is 11.3 Å². The van der Waals surface area contributed by atoms with E-state index in [2.05, 4.69) is 55.9 Å². The van der Waals surface area contributed by atoms with Gasteiger partial charge >= 0.3 is 0 Å². The molecule has 2 heterocycles. The summed E-state index contributed by atoms with van der Waals surface area (Å²) in [5, 5.41) is 3.55. The van der Waals surface area contributed by atoms with Gasteiger partial charge < -0.3 is 10.2 Å². The molecule has 1 aliphatic rings. The van der Waals surface area contributed by atoms with Crippen molar-refractivity contribution in [2.45, 2.75) is 46.8 Å². The molecule has 4 heteroatoms. The van der Waals surface area contributed by atoms with E-state index in [1.165, 1.54) is 35.0 Å². The lowest BCUT2D eigenvalue weighted by Crippen LogP contribution is -2.49. The van der Waals surface area contributed by atoms with Gasteiger partial charge in [-0.1, -0.05) is 13.8 Å². The number of hydrogen-bond acceptors (Lipinski definition) is 4. The average Bonchev–Trinajstić information content (AvgIpc) is 2.74. The summed E-state index contributed by atoms with van der Waals surface area (Å²) in [5.41, 5.74) is 1.53. The lowest BCUT2D eigenvalue weighted by molar-refractivity contribution is 0.0999. The van der Waals surface area contributed by atoms with Crippen LogP contribution in [0.2, 0.25) is 0 Å². The minimum atomic E-state index is 0.671. The first kappa shape index (κ1) is 16.9. The van der Waals surface area contributed by atoms with Crippen molar-refractivity contribution in [3.8, 4) is 0 Å². The van der Waals surface area contributed by atoms with Crippen molar-refractivity contribution >= 4 is 11.3 Å². The predicted molar refractivity (Wildman–Crippen MR) is 93.0 cm³/mol. The van der Waals surface area contributed by atoms with Crippen molar-refractivity contribution in [3.63, 3.8) is 0 Å². The van der Waals surface area contributed by atoms with Crippen LogP contribution in [-0.2, 0) is 13.1 Å². The second-order valence-electron chi connectivity index (χ2n) is 6.88. The summed E-state index contributed by atoms with van der Waals surface area (Å²) < 4.78 is 0. The number of aryl methyl sites for hydroxylation is 1. The van der Waals surface area contributed by atoms with Crippen LogP contribution >= 0.6 is 11.3 Å². The van der Waals surface area contributed by atoms with Crippen LogP contribution in [0.15, 0.2) is 6.07 Å². The van der Waals surface area contributed by atoms with Gasteiger partial charge in [0.05, 0.1) is 0 Å². The van der Waals surface area contributed by atoms with Crippen LogP contribution in [0.25, 0.3) is 0 Å². The van der Waals surface area contributed by atoms with Crippen molar-refractivity contribution in [3.05, 3.63) is 21.4 Å². The molecule has 1 atom stereocenters. The Hall–Kier alpha value is -0.420. The third kappa shape index (κ3) is 5.06. The van der Waals surface area contributed by atoms with Crippen molar-refractivity contribution < 1.29 is 0 Å². The quantitative estimate of drug-likeness (QED) is 0.871. The number of thiophene rings is 1. The molecule has 1 unspecified atom stereocenters. The molecule has 1 saturated heterocycles. The number of nitrogens with zero attached hydrogens (tertiary/aromatic N) is 2. The predicted octanol–water partition coefficient (Wildman–Crippen LogP) is 2.94. The molecule has 2 rings (SSSR count). The van der Waals surface area contributed by atoms with Gasteiger partial charge in [0, 0.05) is 48.5 Å². The highest BCUT2D eigenvalue weighted by Crippen LogP contribution is 2.24. The summed E-state index contributed by atoms with van der Waals surface area (Å²) in [6, 6.07) is 3.08. The Morgan fingerprint density at radius 1 is 1.38 bits per heavy atom. The van der Waals surface area contributed by atoms with E-state index in [1.807, 2.05) is 11.3 Å². The molecule has 1 aromatic rings. The first-order valence-electron chi connectivity index (χ1n) is 8.17. The molecule has 0 saturated carbocycles. The molecular weight excluding hydrogens is 278 g/mol. The highest BCUT2D eigenvalue weighted by Gasteiger charge is 2.21. The fourth-order valence-electron chi connectivity index (χ4n) is 2.82. The molecule has 0 radical (unpaired) electrons. The molecule has 0 amide bonds. The molecule has 0 spiro atoms. The highest BCUT2D eigenvalue weighted by molar-refractivity contribution is 7.12. The Kier molecular flexibility index (Phi) is 6.23. The third-order valence-electron chi connectivity index (χ3n) is 4.36. The Morgan fingerprint density at radius 2 is 2.14 bits per heavy atom. The summed E-state index contributed by atoms with van der Waals surface area (Å²) in [6.07, 6.45) is 0.